The van der Waals surface area contributed by atoms with E-state index in [1.54, 1.807) is 12.3 Å². The number of aliphatic imine (C=N–C) groups is 1. The first-order valence-electron chi connectivity index (χ1n) is 10.0. The van der Waals surface area contributed by atoms with E-state index in [2.05, 4.69) is 26.0 Å². The van der Waals surface area contributed by atoms with E-state index in [4.69, 9.17) is 32.2 Å². The number of amides is 1. The van der Waals surface area contributed by atoms with E-state index in [1.165, 1.54) is 11.8 Å². The number of fused-ring (bicyclic) bond motifs is 2. The summed E-state index contributed by atoms with van der Waals surface area (Å²) in [7, 11) is 1.85. The number of aromatic nitrogens is 5. The van der Waals surface area contributed by atoms with Crippen LogP contribution in [-0.4, -0.2) is 48.1 Å². The van der Waals surface area contributed by atoms with Gasteiger partial charge in [0.15, 0.2) is 17.3 Å². The van der Waals surface area contributed by atoms with Crippen molar-refractivity contribution in [1.82, 2.24) is 24.5 Å². The number of halogens is 1. The maximum atomic E-state index is 11.0. The highest BCUT2D eigenvalue weighted by Gasteiger charge is 2.29. The fourth-order valence-electron chi connectivity index (χ4n) is 3.98. The zero-order chi connectivity index (χ0) is 23.1. The molecule has 4 aromatic rings. The second-order valence-corrected chi connectivity index (χ2v) is 7.90. The zero-order valence-electron chi connectivity index (χ0n) is 17.4. The van der Waals surface area contributed by atoms with Crippen molar-refractivity contribution in [3.05, 3.63) is 70.5 Å². The molecule has 1 atom stereocenters. The highest BCUT2D eigenvalue weighted by Crippen LogP contribution is 2.35. The predicted molar refractivity (Wildman–Crippen MR) is 121 cm³/mol. The number of imidazole rings is 1. The first kappa shape index (κ1) is 21.0. The molecule has 3 aromatic heterocycles. The molecule has 11 heteroatoms. The number of carboxylic acid groups (broad SMARTS) is 1. The van der Waals surface area contributed by atoms with Gasteiger partial charge in [-0.3, -0.25) is 4.98 Å². The fraction of sp³-hybridized carbons (Fsp3) is 0.182. The van der Waals surface area contributed by atoms with E-state index in [0.717, 1.165) is 12.0 Å². The molecule has 0 fully saturated rings. The minimum Gasteiger partial charge on any atom is -0.463 e. The number of ether oxygens (including phenoxy) is 1. The molecule has 1 unspecified atom stereocenters. The summed E-state index contributed by atoms with van der Waals surface area (Å²) >= 11 is 6.17. The third-order valence-corrected chi connectivity index (χ3v) is 5.62. The van der Waals surface area contributed by atoms with Crippen LogP contribution in [0, 0.1) is 0 Å². The molecule has 0 aliphatic carbocycles. The average Bonchev–Trinajstić information content (AvgIpc) is 3.14. The van der Waals surface area contributed by atoms with Gasteiger partial charge in [0.25, 0.3) is 0 Å². The summed E-state index contributed by atoms with van der Waals surface area (Å²) in [6.07, 6.45) is 2.08. The topological polar surface area (TPSA) is 141 Å². The van der Waals surface area contributed by atoms with Crippen LogP contribution in [0.15, 0.2) is 47.7 Å². The largest absolute Gasteiger partial charge is 0.463 e. The van der Waals surface area contributed by atoms with E-state index < -0.39 is 12.2 Å². The third-order valence-electron chi connectivity index (χ3n) is 5.42. The Morgan fingerprint density at radius 1 is 1.27 bits per heavy atom. The van der Waals surface area contributed by atoms with E-state index in [1.807, 2.05) is 29.8 Å². The van der Waals surface area contributed by atoms with Crippen LogP contribution in [0.4, 0.5) is 4.79 Å². The third kappa shape index (κ3) is 3.79. The quantitative estimate of drug-likeness (QED) is 0.348. The van der Waals surface area contributed by atoms with Crippen molar-refractivity contribution in [3.8, 4) is 11.3 Å². The van der Waals surface area contributed by atoms with Gasteiger partial charge in [0.05, 0.1) is 11.6 Å². The Labute approximate surface area is 192 Å². The van der Waals surface area contributed by atoms with Gasteiger partial charge >= 0.3 is 6.09 Å². The van der Waals surface area contributed by atoms with Gasteiger partial charge in [-0.1, -0.05) is 35.9 Å². The lowest BCUT2D eigenvalue weighted by molar-refractivity contribution is 0.0626. The molecule has 1 aliphatic heterocycles. The lowest BCUT2D eigenvalue weighted by Gasteiger charge is -2.25. The molecule has 0 bridgehead atoms. The summed E-state index contributed by atoms with van der Waals surface area (Å²) in [5, 5.41) is 9.42. The molecule has 0 spiro atoms. The van der Waals surface area contributed by atoms with Gasteiger partial charge in [-0.25, -0.2) is 19.7 Å². The molecular weight excluding hydrogens is 446 g/mol. The molecule has 1 aromatic carbocycles. The number of hydrogen-bond acceptors (Lipinski definition) is 6. The molecule has 0 radical (unpaired) electrons. The Balaban J connectivity index is 1.76. The Kier molecular flexibility index (Phi) is 5.23. The van der Waals surface area contributed by atoms with Gasteiger partial charge in [0.2, 0.25) is 0 Å². The van der Waals surface area contributed by atoms with Crippen LogP contribution in [0.2, 0.25) is 5.02 Å². The summed E-state index contributed by atoms with van der Waals surface area (Å²) in [5.74, 6) is 0.232. The summed E-state index contributed by atoms with van der Waals surface area (Å²) in [6, 6.07) is 9.77. The van der Waals surface area contributed by atoms with Crippen molar-refractivity contribution in [3.63, 3.8) is 0 Å². The van der Waals surface area contributed by atoms with Crippen molar-refractivity contribution >= 4 is 34.7 Å². The Hall–Kier alpha value is -3.89. The van der Waals surface area contributed by atoms with Crippen molar-refractivity contribution in [2.45, 2.75) is 12.5 Å². The Bertz CT molecular complexity index is 1430. The van der Waals surface area contributed by atoms with E-state index in [-0.39, 0.29) is 11.7 Å². The van der Waals surface area contributed by atoms with Crippen LogP contribution in [0.25, 0.3) is 22.4 Å². The van der Waals surface area contributed by atoms with Crippen LogP contribution in [-0.2, 0) is 18.2 Å². The fourth-order valence-corrected chi connectivity index (χ4v) is 4.15. The monoisotopic (exact) mass is 463 g/mol. The standard InChI is InChI=1S/C22H18ClN7O3/c1-30-16-15(12-8-13(23)10-25-9-12)26-20(18(24)27-22(31)32)28-19(16)29-21(30)17-14-5-3-2-4-11(14)6-7-33-17/h2-5,8-10,17H,6-7H2,1H3,(H2,24,27)(H,31,32). The van der Waals surface area contributed by atoms with Gasteiger partial charge in [0.1, 0.15) is 23.1 Å². The average molecular weight is 464 g/mol. The molecule has 0 saturated heterocycles. The molecule has 4 heterocycles. The van der Waals surface area contributed by atoms with Crippen molar-refractivity contribution in [2.75, 3.05) is 6.61 Å². The summed E-state index contributed by atoms with van der Waals surface area (Å²) in [6.45, 7) is 0.561. The van der Waals surface area contributed by atoms with Crippen LogP contribution in [0.1, 0.15) is 28.9 Å². The molecule has 33 heavy (non-hydrogen) atoms. The molecule has 1 aliphatic rings. The summed E-state index contributed by atoms with van der Waals surface area (Å²) in [4.78, 5) is 32.2. The normalized spacial score (nSPS) is 16.1. The maximum Gasteiger partial charge on any atom is 0.433 e. The molecule has 166 valence electrons. The van der Waals surface area contributed by atoms with E-state index >= 15 is 0 Å². The SMILES string of the molecule is Cn1c(C2OCCc3ccccc32)nc2nc(/C(N)=N/C(=O)O)nc(-c3cncc(Cl)c3)c21. The number of benzene rings is 1. The Morgan fingerprint density at radius 3 is 2.88 bits per heavy atom. The van der Waals surface area contributed by atoms with Gasteiger partial charge < -0.3 is 20.1 Å². The molecular formula is C22H18ClN7O3. The van der Waals surface area contributed by atoms with Gasteiger partial charge in [-0.15, -0.1) is 0 Å². The van der Waals surface area contributed by atoms with Gasteiger partial charge in [-0.05, 0) is 23.6 Å². The lowest BCUT2D eigenvalue weighted by Crippen LogP contribution is -2.20. The number of carbonyl (C=O) groups is 1. The first-order chi connectivity index (χ1) is 15.9. The van der Waals surface area contributed by atoms with E-state index in [0.29, 0.717) is 39.9 Å². The van der Waals surface area contributed by atoms with Crippen LogP contribution in [0.3, 0.4) is 0 Å². The summed E-state index contributed by atoms with van der Waals surface area (Å²) in [5.41, 5.74) is 10.1. The second kappa shape index (κ2) is 8.23. The number of pyridine rings is 1. The maximum absolute atomic E-state index is 11.0. The first-order valence-corrected chi connectivity index (χ1v) is 10.4. The minimum absolute atomic E-state index is 0.0607. The highest BCUT2D eigenvalue weighted by atomic mass is 35.5. The number of nitrogens with two attached hydrogens (primary N) is 1. The smallest absolute Gasteiger partial charge is 0.433 e. The minimum atomic E-state index is -1.45. The van der Waals surface area contributed by atoms with Crippen molar-refractivity contribution in [2.24, 2.45) is 17.8 Å². The van der Waals surface area contributed by atoms with Crippen LogP contribution >= 0.6 is 11.6 Å². The second-order valence-electron chi connectivity index (χ2n) is 7.47. The van der Waals surface area contributed by atoms with Gasteiger partial charge in [0, 0.05) is 25.0 Å². The molecule has 10 nitrogen and oxygen atoms in total. The summed E-state index contributed by atoms with van der Waals surface area (Å²) < 4.78 is 7.97. The molecule has 0 saturated carbocycles. The number of amidine groups is 1. The number of nitrogens with zero attached hydrogens (tertiary/aromatic N) is 6. The number of hydrogen-bond donors (Lipinski definition) is 2. The van der Waals surface area contributed by atoms with Crippen LogP contribution in [0.5, 0.6) is 0 Å². The van der Waals surface area contributed by atoms with Crippen molar-refractivity contribution < 1.29 is 14.6 Å². The Morgan fingerprint density at radius 2 is 2.09 bits per heavy atom. The molecule has 3 N–H and O–H groups in total. The van der Waals surface area contributed by atoms with E-state index in [9.17, 15) is 4.79 Å². The molecule has 1 amide bonds. The van der Waals surface area contributed by atoms with Crippen molar-refractivity contribution in [1.29, 1.82) is 0 Å². The lowest BCUT2D eigenvalue weighted by atomic mass is 9.97. The van der Waals surface area contributed by atoms with Crippen LogP contribution < -0.4 is 5.73 Å². The predicted octanol–water partition coefficient (Wildman–Crippen LogP) is 3.12. The number of rotatable bonds is 3. The molecule has 5 rings (SSSR count). The number of aryl methyl sites for hydroxylation is 1. The highest BCUT2D eigenvalue weighted by molar-refractivity contribution is 6.30. The zero-order valence-corrected chi connectivity index (χ0v) is 18.2. The van der Waals surface area contributed by atoms with Gasteiger partial charge in [-0.2, -0.15) is 4.99 Å².